The summed E-state index contributed by atoms with van der Waals surface area (Å²) in [6.07, 6.45) is 2.92. The van der Waals surface area contributed by atoms with E-state index in [1.807, 2.05) is 4.57 Å². The Morgan fingerprint density at radius 3 is 3.20 bits per heavy atom. The molecule has 0 aliphatic carbocycles. The van der Waals surface area contributed by atoms with E-state index in [-0.39, 0.29) is 6.10 Å². The van der Waals surface area contributed by atoms with Gasteiger partial charge >= 0.3 is 0 Å². The molecule has 0 amide bonds. The lowest BCUT2D eigenvalue weighted by atomic mass is 9.97. The van der Waals surface area contributed by atoms with Crippen LogP contribution in [0.25, 0.3) is 0 Å². The number of nitrogens with zero attached hydrogens (tertiary/aromatic N) is 3. The molecular weight excluding hydrogens is 252 g/mol. The largest absolute Gasteiger partial charge is 0.372 e. The Hall–Kier alpha value is -1.72. The van der Waals surface area contributed by atoms with Gasteiger partial charge in [0, 0.05) is 13.1 Å². The first kappa shape index (κ1) is 13.3. The molecule has 1 aromatic heterocycles. The Morgan fingerprint density at radius 1 is 1.40 bits per heavy atom. The monoisotopic (exact) mass is 272 g/mol. The highest BCUT2D eigenvalue weighted by Gasteiger charge is 2.19. The van der Waals surface area contributed by atoms with Gasteiger partial charge in [0.15, 0.2) is 0 Å². The van der Waals surface area contributed by atoms with Crippen LogP contribution in [0.15, 0.2) is 30.6 Å². The topological polar surface area (TPSA) is 52.0 Å². The molecule has 0 saturated carbocycles. The molecule has 2 aromatic rings. The van der Waals surface area contributed by atoms with Crippen molar-refractivity contribution in [1.29, 1.82) is 0 Å². The van der Waals surface area contributed by atoms with Crippen molar-refractivity contribution in [3.05, 3.63) is 47.5 Å². The minimum Gasteiger partial charge on any atom is -0.372 e. The molecule has 3 rings (SSSR count). The molecule has 0 fully saturated rings. The first-order valence-corrected chi connectivity index (χ1v) is 7.15. The van der Waals surface area contributed by atoms with Gasteiger partial charge in [0.2, 0.25) is 0 Å². The second-order valence-electron chi connectivity index (χ2n) is 4.97. The predicted octanol–water partition coefficient (Wildman–Crippen LogP) is 1.70. The molecule has 1 unspecified atom stereocenters. The van der Waals surface area contributed by atoms with E-state index in [4.69, 9.17) is 4.74 Å². The molecule has 20 heavy (non-hydrogen) atoms. The Bertz CT molecular complexity index is 567. The summed E-state index contributed by atoms with van der Waals surface area (Å²) in [5.74, 6) is 0.969. The van der Waals surface area contributed by atoms with Crippen LogP contribution in [0.5, 0.6) is 0 Å². The maximum atomic E-state index is 5.88. The Labute approximate surface area is 119 Å². The maximum absolute atomic E-state index is 5.88. The van der Waals surface area contributed by atoms with Crippen LogP contribution < -0.4 is 5.32 Å². The average Bonchev–Trinajstić information content (AvgIpc) is 2.95. The van der Waals surface area contributed by atoms with E-state index < -0.39 is 0 Å². The van der Waals surface area contributed by atoms with E-state index in [1.54, 1.807) is 6.33 Å². The zero-order chi connectivity index (χ0) is 13.8. The quantitative estimate of drug-likeness (QED) is 0.900. The number of hydrogen-bond donors (Lipinski definition) is 1. The first-order chi connectivity index (χ1) is 9.88. The lowest BCUT2D eigenvalue weighted by Crippen LogP contribution is -2.28. The summed E-state index contributed by atoms with van der Waals surface area (Å²) in [5.41, 5.74) is 2.71. The smallest absolute Gasteiger partial charge is 0.146 e. The number of nitrogens with one attached hydrogen (secondary N) is 1. The second kappa shape index (κ2) is 6.15. The summed E-state index contributed by atoms with van der Waals surface area (Å²) in [6, 6.07) is 8.53. The summed E-state index contributed by atoms with van der Waals surface area (Å²) in [5, 5.41) is 11.5. The third kappa shape index (κ3) is 2.73. The van der Waals surface area contributed by atoms with Crippen molar-refractivity contribution in [2.45, 2.75) is 32.5 Å². The molecule has 1 aliphatic rings. The van der Waals surface area contributed by atoms with Crippen LogP contribution in [-0.2, 0) is 24.2 Å². The number of ether oxygens (including phenoxy) is 1. The van der Waals surface area contributed by atoms with E-state index in [2.05, 4.69) is 46.7 Å². The fourth-order valence-corrected chi connectivity index (χ4v) is 2.64. The fourth-order valence-electron chi connectivity index (χ4n) is 2.64. The normalized spacial score (nSPS) is 17.9. The molecule has 106 valence electrons. The fraction of sp³-hybridized carbons (Fsp3) is 0.467. The van der Waals surface area contributed by atoms with Gasteiger partial charge in [-0.3, -0.25) is 0 Å². The highest BCUT2D eigenvalue weighted by Crippen LogP contribution is 2.26. The van der Waals surface area contributed by atoms with E-state index in [9.17, 15) is 0 Å². The number of benzene rings is 1. The van der Waals surface area contributed by atoms with Crippen molar-refractivity contribution >= 4 is 0 Å². The number of hydrogen-bond acceptors (Lipinski definition) is 4. The summed E-state index contributed by atoms with van der Waals surface area (Å²) in [7, 11) is 0. The van der Waals surface area contributed by atoms with Gasteiger partial charge in [-0.25, -0.2) is 0 Å². The van der Waals surface area contributed by atoms with Gasteiger partial charge in [0.25, 0.3) is 0 Å². The van der Waals surface area contributed by atoms with E-state index in [1.165, 1.54) is 11.1 Å². The third-order valence-corrected chi connectivity index (χ3v) is 3.74. The van der Waals surface area contributed by atoms with Gasteiger partial charge in [-0.05, 0) is 24.5 Å². The Balaban J connectivity index is 1.60. The molecule has 5 heteroatoms. The van der Waals surface area contributed by atoms with E-state index in [0.717, 1.165) is 38.5 Å². The molecule has 1 aromatic carbocycles. The third-order valence-electron chi connectivity index (χ3n) is 3.74. The molecule has 1 atom stereocenters. The lowest BCUT2D eigenvalue weighted by molar-refractivity contribution is 0.0422. The van der Waals surface area contributed by atoms with Gasteiger partial charge in [-0.1, -0.05) is 24.3 Å². The van der Waals surface area contributed by atoms with Gasteiger partial charge < -0.3 is 14.6 Å². The minimum absolute atomic E-state index is 0.137. The molecule has 0 radical (unpaired) electrons. The van der Waals surface area contributed by atoms with Crippen molar-refractivity contribution in [3.8, 4) is 0 Å². The summed E-state index contributed by atoms with van der Waals surface area (Å²) >= 11 is 0. The van der Waals surface area contributed by atoms with Crippen molar-refractivity contribution < 1.29 is 4.74 Å². The zero-order valence-corrected chi connectivity index (χ0v) is 11.7. The van der Waals surface area contributed by atoms with Gasteiger partial charge in [0.1, 0.15) is 12.2 Å². The van der Waals surface area contributed by atoms with Crippen molar-refractivity contribution in [2.75, 3.05) is 13.2 Å². The highest BCUT2D eigenvalue weighted by atomic mass is 16.5. The Morgan fingerprint density at radius 2 is 2.30 bits per heavy atom. The summed E-state index contributed by atoms with van der Waals surface area (Å²) in [6.45, 7) is 5.30. The summed E-state index contributed by atoms with van der Waals surface area (Å²) < 4.78 is 7.92. The zero-order valence-electron chi connectivity index (χ0n) is 11.7. The van der Waals surface area contributed by atoms with Crippen LogP contribution in [0.2, 0.25) is 0 Å². The van der Waals surface area contributed by atoms with Crippen LogP contribution in [0.3, 0.4) is 0 Å². The highest BCUT2D eigenvalue weighted by molar-refractivity contribution is 5.31. The number of aromatic nitrogens is 3. The summed E-state index contributed by atoms with van der Waals surface area (Å²) in [4.78, 5) is 0. The van der Waals surface area contributed by atoms with E-state index in [0.29, 0.717) is 0 Å². The van der Waals surface area contributed by atoms with Gasteiger partial charge in [-0.15, -0.1) is 10.2 Å². The molecular formula is C15H20N4O. The van der Waals surface area contributed by atoms with Crippen LogP contribution >= 0.6 is 0 Å². The number of rotatable bonds is 5. The van der Waals surface area contributed by atoms with Crippen molar-refractivity contribution in [1.82, 2.24) is 20.1 Å². The lowest BCUT2D eigenvalue weighted by Gasteiger charge is -2.26. The minimum atomic E-state index is 0.137. The first-order valence-electron chi connectivity index (χ1n) is 7.15. The number of aryl methyl sites for hydroxylation is 1. The molecule has 2 heterocycles. The van der Waals surface area contributed by atoms with Crippen LogP contribution in [0.1, 0.15) is 30.0 Å². The molecule has 1 N–H and O–H groups in total. The molecule has 5 nitrogen and oxygen atoms in total. The van der Waals surface area contributed by atoms with E-state index >= 15 is 0 Å². The molecule has 0 spiro atoms. The standard InChI is InChI=1S/C15H20N4O/c1-2-19-11-17-18-15(19)10-16-9-14-13-6-4-3-5-12(13)7-8-20-14/h3-6,11,14,16H,2,7-10H2,1H3. The Kier molecular flexibility index (Phi) is 4.08. The maximum Gasteiger partial charge on any atom is 0.146 e. The van der Waals surface area contributed by atoms with Crippen LogP contribution in [0, 0.1) is 0 Å². The molecule has 1 aliphatic heterocycles. The second-order valence-corrected chi connectivity index (χ2v) is 4.97. The number of fused-ring (bicyclic) bond motifs is 1. The predicted molar refractivity (Wildman–Crippen MR) is 76.2 cm³/mol. The van der Waals surface area contributed by atoms with Crippen LogP contribution in [-0.4, -0.2) is 27.9 Å². The van der Waals surface area contributed by atoms with Crippen molar-refractivity contribution in [2.24, 2.45) is 0 Å². The van der Waals surface area contributed by atoms with Crippen LogP contribution in [0.4, 0.5) is 0 Å². The average molecular weight is 272 g/mol. The van der Waals surface area contributed by atoms with Crippen molar-refractivity contribution in [3.63, 3.8) is 0 Å². The SMILES string of the molecule is CCn1cnnc1CNCC1OCCc2ccccc21. The van der Waals surface area contributed by atoms with Gasteiger partial charge in [-0.2, -0.15) is 0 Å². The molecule has 0 bridgehead atoms. The molecule has 0 saturated heterocycles. The van der Waals surface area contributed by atoms with Gasteiger partial charge in [0.05, 0.1) is 19.3 Å².